The third-order valence-corrected chi connectivity index (χ3v) is 4.15. The Morgan fingerprint density at radius 3 is 2.68 bits per heavy atom. The van der Waals surface area contributed by atoms with E-state index in [2.05, 4.69) is 24.1 Å². The maximum absolute atomic E-state index is 12.2. The summed E-state index contributed by atoms with van der Waals surface area (Å²) < 4.78 is 0. The molecule has 0 radical (unpaired) electrons. The summed E-state index contributed by atoms with van der Waals surface area (Å²) in [5.74, 6) is -0.0340. The van der Waals surface area contributed by atoms with Gasteiger partial charge in [-0.25, -0.2) is 0 Å². The number of hydrogen-bond acceptors (Lipinski definition) is 3. The maximum Gasteiger partial charge on any atom is 0.265 e. The Balaban J connectivity index is 2.15. The number of carbonyl (C=O) groups is 1. The zero-order chi connectivity index (χ0) is 13.7. The van der Waals surface area contributed by atoms with Gasteiger partial charge in [0.2, 0.25) is 0 Å². The van der Waals surface area contributed by atoms with E-state index >= 15 is 0 Å². The first-order valence-corrected chi connectivity index (χ1v) is 7.39. The van der Waals surface area contributed by atoms with Crippen LogP contribution in [0, 0.1) is 0 Å². The number of pyridine rings is 1. The summed E-state index contributed by atoms with van der Waals surface area (Å²) in [6.45, 7) is 4.29. The molecule has 100 valence electrons. The van der Waals surface area contributed by atoms with E-state index in [-0.39, 0.29) is 5.91 Å². The largest absolute Gasteiger partial charge is 0.321 e. The number of amides is 1. The van der Waals surface area contributed by atoms with Gasteiger partial charge in [0.05, 0.1) is 4.88 Å². The van der Waals surface area contributed by atoms with E-state index in [1.807, 2.05) is 6.07 Å². The number of rotatable bonds is 5. The molecule has 0 aliphatic rings. The van der Waals surface area contributed by atoms with Crippen LogP contribution in [0.25, 0.3) is 0 Å². The molecule has 19 heavy (non-hydrogen) atoms. The summed E-state index contributed by atoms with van der Waals surface area (Å²) >= 11 is 1.61. The van der Waals surface area contributed by atoms with Crippen LogP contribution in [-0.2, 0) is 12.8 Å². The fourth-order valence-electron chi connectivity index (χ4n) is 1.94. The van der Waals surface area contributed by atoms with Crippen molar-refractivity contribution in [2.24, 2.45) is 0 Å². The van der Waals surface area contributed by atoms with Crippen molar-refractivity contribution in [2.45, 2.75) is 33.1 Å². The first kappa shape index (κ1) is 13.7. The maximum atomic E-state index is 12.2. The Hall–Kier alpha value is -1.68. The number of anilines is 1. The molecular weight excluding hydrogens is 256 g/mol. The molecule has 0 saturated carbocycles. The van der Waals surface area contributed by atoms with Crippen molar-refractivity contribution in [3.8, 4) is 0 Å². The first-order chi connectivity index (χ1) is 9.24. The van der Waals surface area contributed by atoms with Gasteiger partial charge in [-0.15, -0.1) is 11.3 Å². The minimum absolute atomic E-state index is 0.0340. The van der Waals surface area contributed by atoms with E-state index in [4.69, 9.17) is 0 Å². The predicted octanol–water partition coefficient (Wildman–Crippen LogP) is 3.91. The van der Waals surface area contributed by atoms with Crippen LogP contribution >= 0.6 is 11.3 Å². The monoisotopic (exact) mass is 274 g/mol. The lowest BCUT2D eigenvalue weighted by Gasteiger charge is -2.01. The molecule has 0 aromatic carbocycles. The topological polar surface area (TPSA) is 42.0 Å². The minimum Gasteiger partial charge on any atom is -0.321 e. The zero-order valence-corrected chi connectivity index (χ0v) is 12.1. The van der Waals surface area contributed by atoms with Gasteiger partial charge in [-0.1, -0.05) is 20.3 Å². The average molecular weight is 274 g/mol. The van der Waals surface area contributed by atoms with Gasteiger partial charge in [0, 0.05) is 23.0 Å². The number of nitrogens with one attached hydrogen (secondary N) is 1. The van der Waals surface area contributed by atoms with E-state index in [0.717, 1.165) is 29.8 Å². The van der Waals surface area contributed by atoms with E-state index in [0.29, 0.717) is 0 Å². The van der Waals surface area contributed by atoms with E-state index < -0.39 is 0 Å². The van der Waals surface area contributed by atoms with Crippen molar-refractivity contribution in [3.05, 3.63) is 45.9 Å². The second kappa shape index (κ2) is 6.48. The highest BCUT2D eigenvalue weighted by atomic mass is 32.1. The van der Waals surface area contributed by atoms with E-state index in [1.54, 1.807) is 35.9 Å². The predicted molar refractivity (Wildman–Crippen MR) is 79.9 cm³/mol. The van der Waals surface area contributed by atoms with Gasteiger partial charge in [0.1, 0.15) is 0 Å². The molecule has 0 aliphatic carbocycles. The second-order valence-electron chi connectivity index (χ2n) is 4.35. The standard InChI is InChI=1S/C15H18N2OS/c1-3-5-13-11(4-2)10-14(19-13)15(18)17-12-6-8-16-9-7-12/h6-10H,3-5H2,1-2H3,(H,16,17,18). The number of carbonyl (C=O) groups excluding carboxylic acids is 1. The molecule has 0 atom stereocenters. The molecule has 0 bridgehead atoms. The lowest BCUT2D eigenvalue weighted by molar-refractivity contribution is 0.103. The summed E-state index contributed by atoms with van der Waals surface area (Å²) in [6.07, 6.45) is 6.48. The SMILES string of the molecule is CCCc1sc(C(=O)Nc2ccncc2)cc1CC. The van der Waals surface area contributed by atoms with E-state index in [9.17, 15) is 4.79 Å². The smallest absolute Gasteiger partial charge is 0.265 e. The number of hydrogen-bond donors (Lipinski definition) is 1. The van der Waals surface area contributed by atoms with Crippen molar-refractivity contribution in [1.82, 2.24) is 4.98 Å². The molecule has 1 N–H and O–H groups in total. The summed E-state index contributed by atoms with van der Waals surface area (Å²) in [5, 5.41) is 2.90. The van der Waals surface area contributed by atoms with Crippen LogP contribution in [0.15, 0.2) is 30.6 Å². The van der Waals surface area contributed by atoms with Crippen LogP contribution in [-0.4, -0.2) is 10.9 Å². The lowest BCUT2D eigenvalue weighted by Crippen LogP contribution is -2.09. The molecule has 2 rings (SSSR count). The third-order valence-electron chi connectivity index (χ3n) is 2.92. The summed E-state index contributed by atoms with van der Waals surface area (Å²) in [6, 6.07) is 5.60. The fraction of sp³-hybridized carbons (Fsp3) is 0.333. The highest BCUT2D eigenvalue weighted by Crippen LogP contribution is 2.25. The molecule has 0 unspecified atom stereocenters. The van der Waals surface area contributed by atoms with Crippen molar-refractivity contribution < 1.29 is 4.79 Å². The fourth-order valence-corrected chi connectivity index (χ4v) is 3.20. The number of aryl methyl sites for hydroxylation is 2. The van der Waals surface area contributed by atoms with Gasteiger partial charge in [0.15, 0.2) is 0 Å². The average Bonchev–Trinajstić information content (AvgIpc) is 2.83. The summed E-state index contributed by atoms with van der Waals surface area (Å²) in [5.41, 5.74) is 2.08. The summed E-state index contributed by atoms with van der Waals surface area (Å²) in [7, 11) is 0. The van der Waals surface area contributed by atoms with Crippen LogP contribution < -0.4 is 5.32 Å². The Bertz CT molecular complexity index is 549. The summed E-state index contributed by atoms with van der Waals surface area (Å²) in [4.78, 5) is 18.2. The highest BCUT2D eigenvalue weighted by molar-refractivity contribution is 7.14. The first-order valence-electron chi connectivity index (χ1n) is 6.57. The van der Waals surface area contributed by atoms with Crippen LogP contribution in [0.4, 0.5) is 5.69 Å². The minimum atomic E-state index is -0.0340. The quantitative estimate of drug-likeness (QED) is 0.898. The van der Waals surface area contributed by atoms with Gasteiger partial charge in [-0.3, -0.25) is 9.78 Å². The van der Waals surface area contributed by atoms with Gasteiger partial charge >= 0.3 is 0 Å². The molecule has 4 heteroatoms. The van der Waals surface area contributed by atoms with Crippen molar-refractivity contribution in [2.75, 3.05) is 5.32 Å². The number of aromatic nitrogens is 1. The third kappa shape index (κ3) is 3.41. The molecule has 0 spiro atoms. The Kier molecular flexibility index (Phi) is 4.68. The van der Waals surface area contributed by atoms with Gasteiger partial charge in [-0.05, 0) is 36.6 Å². The van der Waals surface area contributed by atoms with Crippen LogP contribution in [0.5, 0.6) is 0 Å². The Morgan fingerprint density at radius 2 is 2.05 bits per heavy atom. The van der Waals surface area contributed by atoms with Crippen molar-refractivity contribution >= 4 is 22.9 Å². The Morgan fingerprint density at radius 1 is 1.32 bits per heavy atom. The van der Waals surface area contributed by atoms with Crippen molar-refractivity contribution in [1.29, 1.82) is 0 Å². The molecule has 2 aromatic heterocycles. The van der Waals surface area contributed by atoms with Crippen LogP contribution in [0.1, 0.15) is 40.4 Å². The number of thiophene rings is 1. The second-order valence-corrected chi connectivity index (χ2v) is 5.49. The van der Waals surface area contributed by atoms with Gasteiger partial charge < -0.3 is 5.32 Å². The number of nitrogens with zero attached hydrogens (tertiary/aromatic N) is 1. The van der Waals surface area contributed by atoms with Gasteiger partial charge in [-0.2, -0.15) is 0 Å². The molecule has 2 aromatic rings. The molecular formula is C15H18N2OS. The molecule has 0 aliphatic heterocycles. The zero-order valence-electron chi connectivity index (χ0n) is 11.3. The van der Waals surface area contributed by atoms with E-state index in [1.165, 1.54) is 10.4 Å². The highest BCUT2D eigenvalue weighted by Gasteiger charge is 2.13. The molecule has 1 amide bonds. The lowest BCUT2D eigenvalue weighted by atomic mass is 10.1. The molecule has 0 saturated heterocycles. The molecule has 2 heterocycles. The molecule has 3 nitrogen and oxygen atoms in total. The van der Waals surface area contributed by atoms with Gasteiger partial charge in [0.25, 0.3) is 5.91 Å². The van der Waals surface area contributed by atoms with Crippen LogP contribution in [0.3, 0.4) is 0 Å². The van der Waals surface area contributed by atoms with Crippen molar-refractivity contribution in [3.63, 3.8) is 0 Å². The van der Waals surface area contributed by atoms with Crippen LogP contribution in [0.2, 0.25) is 0 Å². The Labute approximate surface area is 117 Å². The molecule has 0 fully saturated rings. The normalized spacial score (nSPS) is 10.4.